The molecule has 0 unspecified atom stereocenters. The minimum atomic E-state index is -0.381. The van der Waals surface area contributed by atoms with Crippen LogP contribution in [0, 0.1) is 19.8 Å². The Morgan fingerprint density at radius 3 is 2.31 bits per heavy atom. The lowest BCUT2D eigenvalue weighted by Gasteiger charge is -2.09. The number of carbonyl (C=O) groups excluding carboxylic acids is 2. The minimum absolute atomic E-state index is 0.270. The van der Waals surface area contributed by atoms with E-state index in [4.69, 9.17) is 9.26 Å². The van der Waals surface area contributed by atoms with E-state index in [-0.39, 0.29) is 17.8 Å². The van der Waals surface area contributed by atoms with Gasteiger partial charge in [-0.2, -0.15) is 0 Å². The molecule has 0 atom stereocenters. The number of carbonyl (C=O) groups is 2. The Morgan fingerprint density at radius 1 is 1.03 bits per heavy atom. The first-order valence-corrected chi connectivity index (χ1v) is 9.47. The van der Waals surface area contributed by atoms with Crippen LogP contribution in [0.4, 0.5) is 5.69 Å². The van der Waals surface area contributed by atoms with Crippen LogP contribution in [-0.4, -0.2) is 23.6 Å². The number of aryl methyl sites for hydroxylation is 2. The highest BCUT2D eigenvalue weighted by Crippen LogP contribution is 2.27. The number of hydrogen-bond donors (Lipinski definition) is 1. The highest BCUT2D eigenvalue weighted by atomic mass is 16.5. The summed E-state index contributed by atoms with van der Waals surface area (Å²) in [4.78, 5) is 24.9. The molecule has 0 aliphatic heterocycles. The fourth-order valence-electron chi connectivity index (χ4n) is 2.75. The summed E-state index contributed by atoms with van der Waals surface area (Å²) in [6, 6.07) is 14.3. The number of nitrogens with zero attached hydrogens (tertiary/aromatic N) is 1. The van der Waals surface area contributed by atoms with Crippen molar-refractivity contribution >= 4 is 17.6 Å². The van der Waals surface area contributed by atoms with E-state index in [0.29, 0.717) is 34.9 Å². The van der Waals surface area contributed by atoms with Gasteiger partial charge in [0.2, 0.25) is 0 Å². The van der Waals surface area contributed by atoms with Gasteiger partial charge in [0.1, 0.15) is 5.56 Å². The predicted octanol–water partition coefficient (Wildman–Crippen LogP) is 5.02. The Bertz CT molecular complexity index is 1000. The van der Waals surface area contributed by atoms with Crippen LogP contribution in [0.15, 0.2) is 53.1 Å². The van der Waals surface area contributed by atoms with Crippen molar-refractivity contribution in [3.63, 3.8) is 0 Å². The summed E-state index contributed by atoms with van der Waals surface area (Å²) in [5.74, 6) is -0.0106. The van der Waals surface area contributed by atoms with Crippen molar-refractivity contribution in [3.05, 3.63) is 70.9 Å². The summed E-state index contributed by atoms with van der Waals surface area (Å²) in [5.41, 5.74) is 3.78. The minimum Gasteiger partial charge on any atom is -0.462 e. The fraction of sp³-hybridized carbons (Fsp3) is 0.261. The SMILES string of the molecule is Cc1ccc(-c2onc(C)c2C(=O)Nc2ccc(C(=O)OCC(C)C)cc2)cc1. The Kier molecular flexibility index (Phi) is 6.12. The molecule has 0 fully saturated rings. The molecule has 0 spiro atoms. The van der Waals surface area contributed by atoms with Gasteiger partial charge in [-0.1, -0.05) is 48.8 Å². The third-order valence-electron chi connectivity index (χ3n) is 4.33. The Labute approximate surface area is 169 Å². The molecule has 3 aromatic rings. The van der Waals surface area contributed by atoms with Gasteiger partial charge in [-0.15, -0.1) is 0 Å². The van der Waals surface area contributed by atoms with E-state index in [9.17, 15) is 9.59 Å². The second-order valence-electron chi connectivity index (χ2n) is 7.36. The van der Waals surface area contributed by atoms with Crippen molar-refractivity contribution in [1.29, 1.82) is 0 Å². The molecule has 0 aliphatic carbocycles. The van der Waals surface area contributed by atoms with E-state index in [0.717, 1.165) is 11.1 Å². The number of rotatable bonds is 6. The van der Waals surface area contributed by atoms with Gasteiger partial charge < -0.3 is 14.6 Å². The summed E-state index contributed by atoms with van der Waals surface area (Å²) in [6.07, 6.45) is 0. The standard InChI is InChI=1S/C23H24N2O4/c1-14(2)13-28-23(27)18-9-11-19(12-10-18)24-22(26)20-16(4)25-29-21(20)17-7-5-15(3)6-8-17/h5-12,14H,13H2,1-4H3,(H,24,26). The highest BCUT2D eigenvalue weighted by molar-refractivity contribution is 6.08. The third-order valence-corrected chi connectivity index (χ3v) is 4.33. The van der Waals surface area contributed by atoms with E-state index in [2.05, 4.69) is 10.5 Å². The van der Waals surface area contributed by atoms with Gasteiger partial charge in [0.25, 0.3) is 5.91 Å². The molecule has 29 heavy (non-hydrogen) atoms. The molecule has 150 valence electrons. The summed E-state index contributed by atoms with van der Waals surface area (Å²) >= 11 is 0. The van der Waals surface area contributed by atoms with Crippen LogP contribution in [0.25, 0.3) is 11.3 Å². The van der Waals surface area contributed by atoms with Crippen LogP contribution >= 0.6 is 0 Å². The van der Waals surface area contributed by atoms with Gasteiger partial charge >= 0.3 is 5.97 Å². The number of amides is 1. The van der Waals surface area contributed by atoms with Crippen molar-refractivity contribution < 1.29 is 18.8 Å². The summed E-state index contributed by atoms with van der Waals surface area (Å²) in [7, 11) is 0. The quantitative estimate of drug-likeness (QED) is 0.596. The topological polar surface area (TPSA) is 81.4 Å². The summed E-state index contributed by atoms with van der Waals surface area (Å²) in [6.45, 7) is 8.04. The summed E-state index contributed by atoms with van der Waals surface area (Å²) < 4.78 is 10.6. The average Bonchev–Trinajstić information content (AvgIpc) is 3.08. The van der Waals surface area contributed by atoms with Crippen molar-refractivity contribution in [2.24, 2.45) is 5.92 Å². The van der Waals surface area contributed by atoms with Gasteiger partial charge in [-0.25, -0.2) is 4.79 Å². The second kappa shape index (κ2) is 8.73. The molecular formula is C23H24N2O4. The molecule has 1 N–H and O–H groups in total. The monoisotopic (exact) mass is 392 g/mol. The molecule has 0 bridgehead atoms. The maximum atomic E-state index is 12.9. The average molecular weight is 392 g/mol. The van der Waals surface area contributed by atoms with Gasteiger partial charge in [0.15, 0.2) is 5.76 Å². The maximum absolute atomic E-state index is 12.9. The Balaban J connectivity index is 1.75. The molecule has 3 rings (SSSR count). The zero-order chi connectivity index (χ0) is 21.0. The lowest BCUT2D eigenvalue weighted by molar-refractivity contribution is 0.0459. The molecule has 0 aliphatic rings. The van der Waals surface area contributed by atoms with Crippen molar-refractivity contribution in [2.75, 3.05) is 11.9 Å². The fourth-order valence-corrected chi connectivity index (χ4v) is 2.75. The maximum Gasteiger partial charge on any atom is 0.338 e. The first-order chi connectivity index (χ1) is 13.8. The second-order valence-corrected chi connectivity index (χ2v) is 7.36. The normalized spacial score (nSPS) is 10.8. The molecule has 6 nitrogen and oxygen atoms in total. The summed E-state index contributed by atoms with van der Waals surface area (Å²) in [5, 5.41) is 6.79. The van der Waals surface area contributed by atoms with E-state index in [1.165, 1.54) is 0 Å². The molecule has 0 saturated carbocycles. The van der Waals surface area contributed by atoms with E-state index < -0.39 is 0 Å². The molecule has 0 radical (unpaired) electrons. The lowest BCUT2D eigenvalue weighted by atomic mass is 10.0. The van der Waals surface area contributed by atoms with Crippen molar-refractivity contribution in [1.82, 2.24) is 5.16 Å². The van der Waals surface area contributed by atoms with Crippen LogP contribution in [0.3, 0.4) is 0 Å². The number of benzene rings is 2. The Hall–Kier alpha value is -3.41. The Morgan fingerprint density at radius 2 is 1.69 bits per heavy atom. The highest BCUT2D eigenvalue weighted by Gasteiger charge is 2.22. The van der Waals surface area contributed by atoms with Gasteiger partial charge in [-0.05, 0) is 44.0 Å². The third kappa shape index (κ3) is 4.90. The van der Waals surface area contributed by atoms with Crippen LogP contribution in [-0.2, 0) is 4.74 Å². The van der Waals surface area contributed by atoms with E-state index in [1.54, 1.807) is 31.2 Å². The lowest BCUT2D eigenvalue weighted by Crippen LogP contribution is -2.14. The number of ether oxygens (including phenoxy) is 1. The zero-order valence-electron chi connectivity index (χ0n) is 17.0. The van der Waals surface area contributed by atoms with Gasteiger partial charge in [-0.3, -0.25) is 4.79 Å². The number of nitrogens with one attached hydrogen (secondary N) is 1. The first-order valence-electron chi connectivity index (χ1n) is 9.47. The molecule has 1 amide bonds. The molecule has 6 heteroatoms. The molecular weight excluding hydrogens is 368 g/mol. The van der Waals surface area contributed by atoms with Gasteiger partial charge in [0.05, 0.1) is 17.9 Å². The van der Waals surface area contributed by atoms with Crippen LogP contribution in [0.2, 0.25) is 0 Å². The van der Waals surface area contributed by atoms with Gasteiger partial charge in [0, 0.05) is 11.3 Å². The smallest absolute Gasteiger partial charge is 0.338 e. The zero-order valence-corrected chi connectivity index (χ0v) is 17.0. The van der Waals surface area contributed by atoms with Crippen molar-refractivity contribution in [3.8, 4) is 11.3 Å². The number of aromatic nitrogens is 1. The van der Waals surface area contributed by atoms with E-state index in [1.807, 2.05) is 45.0 Å². The molecule has 1 heterocycles. The largest absolute Gasteiger partial charge is 0.462 e. The van der Waals surface area contributed by atoms with Crippen molar-refractivity contribution in [2.45, 2.75) is 27.7 Å². The van der Waals surface area contributed by atoms with Crippen LogP contribution in [0.5, 0.6) is 0 Å². The molecule has 2 aromatic carbocycles. The first kappa shape index (κ1) is 20.3. The van der Waals surface area contributed by atoms with Crippen LogP contribution < -0.4 is 5.32 Å². The molecule has 1 aromatic heterocycles. The van der Waals surface area contributed by atoms with Crippen LogP contribution in [0.1, 0.15) is 45.8 Å². The number of anilines is 1. The number of esters is 1. The van der Waals surface area contributed by atoms with E-state index >= 15 is 0 Å². The number of hydrogen-bond acceptors (Lipinski definition) is 5. The molecule has 0 saturated heterocycles. The predicted molar refractivity (Wildman–Crippen MR) is 111 cm³/mol.